The summed E-state index contributed by atoms with van der Waals surface area (Å²) in [6.07, 6.45) is -3.81. The maximum absolute atomic E-state index is 12.6. The van der Waals surface area contributed by atoms with Crippen LogP contribution in [0.3, 0.4) is 0 Å². The summed E-state index contributed by atoms with van der Waals surface area (Å²) < 4.78 is 37.6. The van der Waals surface area contributed by atoms with Crippen LogP contribution in [0.4, 0.5) is 13.2 Å². The molecule has 0 aliphatic carbocycles. The molecule has 0 fully saturated rings. The fourth-order valence-electron chi connectivity index (χ4n) is 1.43. The summed E-state index contributed by atoms with van der Waals surface area (Å²) in [5, 5.41) is 9.65. The van der Waals surface area contributed by atoms with E-state index in [1.807, 2.05) is 0 Å². The summed E-state index contributed by atoms with van der Waals surface area (Å²) >= 11 is 2.87. The zero-order chi connectivity index (χ0) is 13.2. The average Bonchev–Trinajstić information content (AvgIpc) is 2.20. The number of halogens is 4. The Morgan fingerprint density at radius 1 is 1.47 bits per heavy atom. The molecular formula is C11H10BrF3O2. The van der Waals surface area contributed by atoms with Crippen LogP contribution < -0.4 is 0 Å². The van der Waals surface area contributed by atoms with Crippen LogP contribution in [0.1, 0.15) is 30.4 Å². The van der Waals surface area contributed by atoms with Gasteiger partial charge in [-0.25, -0.2) is 0 Å². The van der Waals surface area contributed by atoms with Gasteiger partial charge in [0, 0.05) is 6.42 Å². The highest BCUT2D eigenvalue weighted by molar-refractivity contribution is 9.10. The van der Waals surface area contributed by atoms with Crippen molar-refractivity contribution >= 4 is 22.2 Å². The molecule has 1 aromatic carbocycles. The number of carbonyl (C=O) groups excluding carboxylic acids is 1. The molecule has 1 rings (SSSR count). The van der Waals surface area contributed by atoms with E-state index in [1.54, 1.807) is 6.92 Å². The van der Waals surface area contributed by atoms with Crippen LogP contribution in [0, 0.1) is 0 Å². The highest BCUT2D eigenvalue weighted by atomic mass is 79.9. The van der Waals surface area contributed by atoms with Gasteiger partial charge in [-0.05, 0) is 39.5 Å². The van der Waals surface area contributed by atoms with Crippen molar-refractivity contribution in [2.24, 2.45) is 0 Å². The van der Waals surface area contributed by atoms with Crippen molar-refractivity contribution in [2.75, 3.05) is 0 Å². The normalized spacial score (nSPS) is 13.5. The van der Waals surface area contributed by atoms with Crippen LogP contribution in [0.25, 0.3) is 0 Å². The molecule has 0 aliphatic heterocycles. The molecule has 0 aromatic heterocycles. The van der Waals surface area contributed by atoms with Gasteiger partial charge in [0.05, 0.1) is 10.0 Å². The molecule has 17 heavy (non-hydrogen) atoms. The van der Waals surface area contributed by atoms with Crippen LogP contribution in [0.2, 0.25) is 0 Å². The minimum atomic E-state index is -4.48. The fourth-order valence-corrected chi connectivity index (χ4v) is 1.91. The Labute approximate surface area is 105 Å². The van der Waals surface area contributed by atoms with E-state index in [9.17, 15) is 23.1 Å². The Kier molecular flexibility index (Phi) is 4.19. The molecule has 0 bridgehead atoms. The molecule has 6 heteroatoms. The number of hydrogen-bond donors (Lipinski definition) is 1. The van der Waals surface area contributed by atoms with E-state index in [4.69, 9.17) is 0 Å². The van der Waals surface area contributed by atoms with Crippen molar-refractivity contribution in [3.05, 3.63) is 27.7 Å². The molecule has 1 aromatic rings. The van der Waals surface area contributed by atoms with Crippen molar-refractivity contribution < 1.29 is 23.1 Å². The third kappa shape index (κ3) is 3.21. The van der Waals surface area contributed by atoms with Crippen molar-refractivity contribution in [3.8, 4) is 5.75 Å². The monoisotopic (exact) mass is 310 g/mol. The summed E-state index contributed by atoms with van der Waals surface area (Å²) in [4.78, 5) is 10.4. The molecular weight excluding hydrogens is 301 g/mol. The highest BCUT2D eigenvalue weighted by Crippen LogP contribution is 2.40. The predicted molar refractivity (Wildman–Crippen MR) is 59.9 cm³/mol. The highest BCUT2D eigenvalue weighted by Gasteiger charge is 2.32. The van der Waals surface area contributed by atoms with E-state index in [2.05, 4.69) is 15.9 Å². The minimum absolute atomic E-state index is 0.0277. The number of phenolic OH excluding ortho intramolecular Hbond substituents is 1. The number of phenols is 1. The fraction of sp³-hybridized carbons (Fsp3) is 0.364. The Hall–Kier alpha value is -1.04. The smallest absolute Gasteiger partial charge is 0.416 e. The van der Waals surface area contributed by atoms with Crippen LogP contribution >= 0.6 is 15.9 Å². The number of aromatic hydroxyl groups is 1. The second-order valence-corrected chi connectivity index (χ2v) is 4.55. The van der Waals surface area contributed by atoms with Gasteiger partial charge in [-0.15, -0.1) is 0 Å². The Bertz CT molecular complexity index is 429. The predicted octanol–water partition coefficient (Wildman–Crippen LogP) is 3.87. The van der Waals surface area contributed by atoms with Gasteiger partial charge in [-0.2, -0.15) is 13.2 Å². The first-order valence-corrected chi connectivity index (χ1v) is 5.60. The number of rotatable bonds is 3. The average molecular weight is 311 g/mol. The van der Waals surface area contributed by atoms with Gasteiger partial charge in [-0.3, -0.25) is 0 Å². The molecule has 0 spiro atoms. The lowest BCUT2D eigenvalue weighted by molar-refractivity contribution is -0.137. The lowest BCUT2D eigenvalue weighted by Gasteiger charge is -2.15. The summed E-state index contributed by atoms with van der Waals surface area (Å²) in [5.74, 6) is -0.724. The quantitative estimate of drug-likeness (QED) is 0.861. The van der Waals surface area contributed by atoms with Gasteiger partial charge in [0.15, 0.2) is 0 Å². The first-order valence-electron chi connectivity index (χ1n) is 4.80. The topological polar surface area (TPSA) is 37.3 Å². The first kappa shape index (κ1) is 14.0. The van der Waals surface area contributed by atoms with Crippen molar-refractivity contribution in [1.29, 1.82) is 0 Å². The zero-order valence-electron chi connectivity index (χ0n) is 8.88. The zero-order valence-corrected chi connectivity index (χ0v) is 10.5. The van der Waals surface area contributed by atoms with Crippen molar-refractivity contribution in [3.63, 3.8) is 0 Å². The number of aldehydes is 1. The second kappa shape index (κ2) is 5.08. The Morgan fingerprint density at radius 2 is 2.06 bits per heavy atom. The first-order chi connectivity index (χ1) is 7.77. The molecule has 94 valence electrons. The molecule has 1 atom stereocenters. The van der Waals surface area contributed by atoms with Crippen LogP contribution in [0.5, 0.6) is 5.75 Å². The number of alkyl halides is 3. The summed E-state index contributed by atoms with van der Waals surface area (Å²) in [5.41, 5.74) is -0.742. The standard InChI is InChI=1S/C11H10BrF3O2/c1-6(2-3-16)8-4-7(11(13,14)15)5-9(12)10(8)17/h3-6,17H,2H2,1H3. The second-order valence-electron chi connectivity index (χ2n) is 3.70. The molecule has 1 unspecified atom stereocenters. The van der Waals surface area contributed by atoms with E-state index in [-0.39, 0.29) is 22.2 Å². The molecule has 2 nitrogen and oxygen atoms in total. The van der Waals surface area contributed by atoms with E-state index in [1.165, 1.54) is 0 Å². The van der Waals surface area contributed by atoms with E-state index in [0.29, 0.717) is 6.29 Å². The Balaban J connectivity index is 3.29. The third-order valence-corrected chi connectivity index (χ3v) is 3.01. The summed E-state index contributed by atoms with van der Waals surface area (Å²) in [7, 11) is 0. The lowest BCUT2D eigenvalue weighted by Crippen LogP contribution is -2.07. The summed E-state index contributed by atoms with van der Waals surface area (Å²) in [6, 6.07) is 1.68. The van der Waals surface area contributed by atoms with Gasteiger partial charge >= 0.3 is 6.18 Å². The lowest BCUT2D eigenvalue weighted by atomic mass is 9.95. The molecule has 0 saturated carbocycles. The van der Waals surface area contributed by atoms with E-state index in [0.717, 1.165) is 12.1 Å². The number of hydrogen-bond acceptors (Lipinski definition) is 2. The van der Waals surface area contributed by atoms with Crippen LogP contribution in [0.15, 0.2) is 16.6 Å². The van der Waals surface area contributed by atoms with Crippen LogP contribution in [-0.2, 0) is 11.0 Å². The molecule has 0 aliphatic rings. The van der Waals surface area contributed by atoms with Gasteiger partial charge in [0.25, 0.3) is 0 Å². The van der Waals surface area contributed by atoms with Crippen molar-refractivity contribution in [2.45, 2.75) is 25.4 Å². The SMILES string of the molecule is CC(CC=O)c1cc(C(F)(F)F)cc(Br)c1O. The molecule has 0 saturated heterocycles. The maximum atomic E-state index is 12.6. The number of carbonyl (C=O) groups is 1. The number of benzene rings is 1. The molecule has 0 amide bonds. The third-order valence-electron chi connectivity index (χ3n) is 2.40. The summed E-state index contributed by atoms with van der Waals surface area (Å²) in [6.45, 7) is 1.58. The largest absolute Gasteiger partial charge is 0.506 e. The molecule has 0 radical (unpaired) electrons. The van der Waals surface area contributed by atoms with E-state index >= 15 is 0 Å². The van der Waals surface area contributed by atoms with Gasteiger partial charge in [-0.1, -0.05) is 6.92 Å². The Morgan fingerprint density at radius 3 is 2.53 bits per heavy atom. The minimum Gasteiger partial charge on any atom is -0.506 e. The maximum Gasteiger partial charge on any atom is 0.416 e. The molecule has 1 N–H and O–H groups in total. The van der Waals surface area contributed by atoms with Gasteiger partial charge in [0.1, 0.15) is 12.0 Å². The van der Waals surface area contributed by atoms with Gasteiger partial charge < -0.3 is 9.90 Å². The van der Waals surface area contributed by atoms with Gasteiger partial charge in [0.2, 0.25) is 0 Å². The van der Waals surface area contributed by atoms with Crippen molar-refractivity contribution in [1.82, 2.24) is 0 Å². The van der Waals surface area contributed by atoms with E-state index < -0.39 is 17.7 Å². The van der Waals surface area contributed by atoms with Crippen LogP contribution in [-0.4, -0.2) is 11.4 Å². The molecule has 0 heterocycles.